The minimum atomic E-state index is -0.399. The number of rotatable bonds is 5. The van der Waals surface area contributed by atoms with E-state index in [9.17, 15) is 9.65 Å². The van der Waals surface area contributed by atoms with Gasteiger partial charge in [0.15, 0.2) is 0 Å². The normalized spacial score (nSPS) is 11.8. The first kappa shape index (κ1) is 19.8. The summed E-state index contributed by atoms with van der Waals surface area (Å²) in [5, 5.41) is 13.7. The molecule has 0 fully saturated rings. The van der Waals surface area contributed by atoms with Gasteiger partial charge in [-0.25, -0.2) is 9.37 Å². The van der Waals surface area contributed by atoms with Crippen molar-refractivity contribution in [3.63, 3.8) is 0 Å². The van der Waals surface area contributed by atoms with Gasteiger partial charge in [-0.3, -0.25) is 0 Å². The van der Waals surface area contributed by atoms with Gasteiger partial charge in [0.25, 0.3) is 0 Å². The Kier molecular flexibility index (Phi) is 8.68. The second kappa shape index (κ2) is 10.5. The standard InChI is InChI=1S/C17H17FN3P.C2H6/c1-3-20-16-10-13(8-9-21-16)17(22-2)15(11-19)12-4-6-14(18)7-5-12;1-2/h4-10,15H,3H2,1-2H3,(H,20,21);1-2H3. The molecule has 0 aliphatic rings. The van der Waals surface area contributed by atoms with Crippen LogP contribution in [0.4, 0.5) is 10.2 Å². The molecule has 1 heterocycles. The SMILES string of the molecule is CC.CCNc1cc(C(=PC)C(C#N)c2ccc(F)cc2)ccn1. The lowest BCUT2D eigenvalue weighted by molar-refractivity contribution is 0.627. The van der Waals surface area contributed by atoms with Gasteiger partial charge in [-0.1, -0.05) is 26.0 Å². The van der Waals surface area contributed by atoms with E-state index in [4.69, 9.17) is 0 Å². The molecule has 2 aromatic rings. The van der Waals surface area contributed by atoms with Crippen LogP contribution in [-0.2, 0) is 0 Å². The van der Waals surface area contributed by atoms with Gasteiger partial charge in [-0.05, 0) is 49.0 Å². The van der Waals surface area contributed by atoms with E-state index in [0.29, 0.717) is 0 Å². The van der Waals surface area contributed by atoms with Gasteiger partial charge in [0.1, 0.15) is 17.6 Å². The molecule has 2 rings (SSSR count). The highest BCUT2D eigenvalue weighted by Crippen LogP contribution is 2.25. The topological polar surface area (TPSA) is 48.7 Å². The van der Waals surface area contributed by atoms with Crippen LogP contribution in [0.15, 0.2) is 42.6 Å². The number of hydrogen-bond donors (Lipinski definition) is 1. The monoisotopic (exact) mass is 343 g/mol. The molecule has 126 valence electrons. The van der Waals surface area contributed by atoms with Crippen LogP contribution in [-0.4, -0.2) is 23.5 Å². The van der Waals surface area contributed by atoms with Crippen molar-refractivity contribution in [3.05, 3.63) is 59.5 Å². The molecule has 5 heteroatoms. The van der Waals surface area contributed by atoms with E-state index in [2.05, 4.69) is 16.4 Å². The van der Waals surface area contributed by atoms with E-state index in [1.54, 1.807) is 18.3 Å². The van der Waals surface area contributed by atoms with Crippen molar-refractivity contribution < 1.29 is 4.39 Å². The van der Waals surface area contributed by atoms with E-state index in [-0.39, 0.29) is 5.82 Å². The van der Waals surface area contributed by atoms with Crippen LogP contribution in [0.2, 0.25) is 0 Å². The molecular formula is C19H23FN3P. The molecule has 0 radical (unpaired) electrons. The lowest BCUT2D eigenvalue weighted by Gasteiger charge is -2.15. The second-order valence-corrected chi connectivity index (χ2v) is 5.61. The zero-order chi connectivity index (χ0) is 17.9. The van der Waals surface area contributed by atoms with Crippen molar-refractivity contribution in [2.45, 2.75) is 26.7 Å². The average Bonchev–Trinajstić information content (AvgIpc) is 2.63. The zero-order valence-corrected chi connectivity index (χ0v) is 15.4. The summed E-state index contributed by atoms with van der Waals surface area (Å²) in [6.07, 6.45) is 1.73. The molecule has 1 N–H and O–H groups in total. The first-order chi connectivity index (χ1) is 11.7. The number of nitrogens with zero attached hydrogens (tertiary/aromatic N) is 2. The lowest BCUT2D eigenvalue weighted by atomic mass is 9.93. The van der Waals surface area contributed by atoms with Gasteiger partial charge >= 0.3 is 0 Å². The van der Waals surface area contributed by atoms with Crippen LogP contribution in [0.5, 0.6) is 0 Å². The number of benzene rings is 1. The van der Waals surface area contributed by atoms with Crippen LogP contribution >= 0.6 is 8.20 Å². The third-order valence-electron chi connectivity index (χ3n) is 3.26. The molecular weight excluding hydrogens is 320 g/mol. The highest BCUT2D eigenvalue weighted by molar-refractivity contribution is 7.40. The van der Waals surface area contributed by atoms with Gasteiger partial charge in [-0.2, -0.15) is 5.26 Å². The van der Waals surface area contributed by atoms with E-state index < -0.39 is 5.92 Å². The van der Waals surface area contributed by atoms with Gasteiger partial charge in [0, 0.05) is 18.0 Å². The summed E-state index contributed by atoms with van der Waals surface area (Å²) in [6.45, 7) is 8.79. The Labute approximate surface area is 145 Å². The number of nitriles is 1. The summed E-state index contributed by atoms with van der Waals surface area (Å²) in [5.41, 5.74) is 1.78. The largest absolute Gasteiger partial charge is 0.370 e. The Bertz CT molecular complexity index is 705. The summed E-state index contributed by atoms with van der Waals surface area (Å²) in [4.78, 5) is 4.26. The Morgan fingerprint density at radius 3 is 2.50 bits per heavy atom. The average molecular weight is 343 g/mol. The van der Waals surface area contributed by atoms with Gasteiger partial charge in [0.2, 0.25) is 0 Å². The molecule has 0 saturated carbocycles. The molecule has 0 spiro atoms. The molecule has 1 atom stereocenters. The van der Waals surface area contributed by atoms with Crippen molar-refractivity contribution >= 4 is 19.3 Å². The van der Waals surface area contributed by atoms with Crippen molar-refractivity contribution in [1.29, 1.82) is 5.26 Å². The Morgan fingerprint density at radius 2 is 1.96 bits per heavy atom. The summed E-state index contributed by atoms with van der Waals surface area (Å²) >= 11 is 0. The molecule has 0 aliphatic carbocycles. The first-order valence-corrected chi connectivity index (χ1v) is 9.35. The smallest absolute Gasteiger partial charge is 0.126 e. The predicted octanol–water partition coefficient (Wildman–Crippen LogP) is 5.08. The van der Waals surface area contributed by atoms with E-state index in [1.165, 1.54) is 12.1 Å². The lowest BCUT2D eigenvalue weighted by Crippen LogP contribution is -2.11. The van der Waals surface area contributed by atoms with Crippen molar-refractivity contribution in [3.8, 4) is 6.07 Å². The highest BCUT2D eigenvalue weighted by atomic mass is 31.1. The molecule has 0 aliphatic heterocycles. The van der Waals surface area contributed by atoms with E-state index >= 15 is 0 Å². The molecule has 3 nitrogen and oxygen atoms in total. The van der Waals surface area contributed by atoms with Crippen molar-refractivity contribution in [1.82, 2.24) is 4.98 Å². The number of anilines is 1. The van der Waals surface area contributed by atoms with Crippen LogP contribution < -0.4 is 5.32 Å². The second-order valence-electron chi connectivity index (χ2n) is 4.68. The molecule has 0 saturated heterocycles. The maximum atomic E-state index is 13.1. The highest BCUT2D eigenvalue weighted by Gasteiger charge is 2.18. The first-order valence-electron chi connectivity index (χ1n) is 8.01. The van der Waals surface area contributed by atoms with Crippen LogP contribution in [0.3, 0.4) is 0 Å². The quantitative estimate of drug-likeness (QED) is 0.770. The summed E-state index contributed by atoms with van der Waals surface area (Å²) in [6, 6.07) is 12.3. The fraction of sp³-hybridized carbons (Fsp3) is 0.316. The van der Waals surface area contributed by atoms with Crippen LogP contribution in [0.1, 0.15) is 37.8 Å². The zero-order valence-electron chi connectivity index (χ0n) is 14.5. The number of hydrogen-bond acceptors (Lipinski definition) is 3. The van der Waals surface area contributed by atoms with Gasteiger partial charge < -0.3 is 5.32 Å². The van der Waals surface area contributed by atoms with Crippen LogP contribution in [0.25, 0.3) is 0 Å². The third kappa shape index (κ3) is 5.15. The third-order valence-corrected chi connectivity index (χ3v) is 4.26. The van der Waals surface area contributed by atoms with E-state index in [1.807, 2.05) is 39.6 Å². The maximum Gasteiger partial charge on any atom is 0.126 e. The predicted molar refractivity (Wildman–Crippen MR) is 101 cm³/mol. The van der Waals surface area contributed by atoms with Crippen molar-refractivity contribution in [2.75, 3.05) is 18.5 Å². The van der Waals surface area contributed by atoms with Gasteiger partial charge in [0.05, 0.1) is 6.07 Å². The Hall–Kier alpha value is -2.24. The summed E-state index contributed by atoms with van der Waals surface area (Å²) in [7, 11) is 1.00. The Morgan fingerprint density at radius 1 is 1.29 bits per heavy atom. The molecule has 1 aromatic heterocycles. The number of nitrogens with one attached hydrogen (secondary N) is 1. The maximum absolute atomic E-state index is 13.1. The minimum absolute atomic E-state index is 0.297. The fourth-order valence-corrected chi connectivity index (χ4v) is 3.10. The number of aromatic nitrogens is 1. The van der Waals surface area contributed by atoms with Crippen LogP contribution in [0, 0.1) is 17.1 Å². The summed E-state index contributed by atoms with van der Waals surface area (Å²) in [5.74, 6) is 0.0930. The molecule has 0 amide bonds. The molecule has 24 heavy (non-hydrogen) atoms. The number of pyridine rings is 1. The molecule has 1 unspecified atom stereocenters. The van der Waals surface area contributed by atoms with Gasteiger partial charge in [-0.15, -0.1) is 8.20 Å². The summed E-state index contributed by atoms with van der Waals surface area (Å²) < 4.78 is 13.1. The van der Waals surface area contributed by atoms with Crippen molar-refractivity contribution in [2.24, 2.45) is 0 Å². The minimum Gasteiger partial charge on any atom is -0.370 e. The number of halogens is 1. The van der Waals surface area contributed by atoms with E-state index in [0.717, 1.165) is 37.0 Å². The molecule has 1 aromatic carbocycles. The fourth-order valence-electron chi connectivity index (χ4n) is 2.24. The Balaban J connectivity index is 0.00000139. The molecule has 0 bridgehead atoms.